The minimum absolute atomic E-state index is 0.158. The summed E-state index contributed by atoms with van der Waals surface area (Å²) in [4.78, 5) is 13.7. The number of nitro benzene ring substituents is 1. The number of hydrogen-bond acceptors (Lipinski definition) is 7. The summed E-state index contributed by atoms with van der Waals surface area (Å²) in [6.45, 7) is 2.83. The van der Waals surface area contributed by atoms with E-state index in [2.05, 4.69) is 15.5 Å². The molecule has 0 atom stereocenters. The van der Waals surface area contributed by atoms with Gasteiger partial charge in [-0.05, 0) is 19.1 Å². The molecule has 1 saturated heterocycles. The van der Waals surface area contributed by atoms with Crippen molar-refractivity contribution >= 4 is 38.5 Å². The number of ether oxygens (including phenoxy) is 1. The summed E-state index contributed by atoms with van der Waals surface area (Å²) in [6.07, 6.45) is 1.60. The van der Waals surface area contributed by atoms with Crippen LogP contribution in [0.4, 0.5) is 11.4 Å². The monoisotopic (exact) mass is 443 g/mol. The summed E-state index contributed by atoms with van der Waals surface area (Å²) < 4.78 is 32.8. The van der Waals surface area contributed by atoms with Gasteiger partial charge in [-0.1, -0.05) is 18.2 Å². The molecule has 0 unspecified atom stereocenters. The standard InChI is InChI=1S/C20H21N5O5S/c1-14-17(16-4-2-3-5-18(16)22-14)13-21-23-19-7-6-15(25(26)27)12-20(19)31(28,29)24-8-10-30-11-9-24/h2-7,12-13,22-23H,8-11H2,1H3/b21-13+. The van der Waals surface area contributed by atoms with Crippen molar-refractivity contribution in [2.75, 3.05) is 31.7 Å². The van der Waals surface area contributed by atoms with Gasteiger partial charge in [0.1, 0.15) is 4.90 Å². The zero-order valence-electron chi connectivity index (χ0n) is 16.7. The number of morpholine rings is 1. The number of sulfonamides is 1. The SMILES string of the molecule is Cc1[nH]c2ccccc2c1/C=N/Nc1ccc([N+](=O)[O-])cc1S(=O)(=O)N1CCOCC1. The number of anilines is 1. The quantitative estimate of drug-likeness (QED) is 0.342. The second kappa shape index (κ2) is 8.46. The fourth-order valence-electron chi connectivity index (χ4n) is 3.49. The summed E-state index contributed by atoms with van der Waals surface area (Å²) in [5.74, 6) is 0. The van der Waals surface area contributed by atoms with Gasteiger partial charge < -0.3 is 9.72 Å². The highest BCUT2D eigenvalue weighted by molar-refractivity contribution is 7.89. The van der Waals surface area contributed by atoms with E-state index in [0.717, 1.165) is 28.2 Å². The largest absolute Gasteiger partial charge is 0.379 e. The number of para-hydroxylation sites is 1. The molecule has 2 N–H and O–H groups in total. The smallest absolute Gasteiger partial charge is 0.270 e. The molecular formula is C20H21N5O5S. The number of hydrogen-bond donors (Lipinski definition) is 2. The second-order valence-corrected chi connectivity index (χ2v) is 8.94. The van der Waals surface area contributed by atoms with Crippen LogP contribution in [0, 0.1) is 17.0 Å². The van der Waals surface area contributed by atoms with Gasteiger partial charge >= 0.3 is 0 Å². The number of H-pyrrole nitrogens is 1. The van der Waals surface area contributed by atoms with Gasteiger partial charge in [-0.2, -0.15) is 9.41 Å². The third kappa shape index (κ3) is 4.15. The van der Waals surface area contributed by atoms with Gasteiger partial charge in [0.2, 0.25) is 10.0 Å². The lowest BCUT2D eigenvalue weighted by atomic mass is 10.1. The topological polar surface area (TPSA) is 130 Å². The van der Waals surface area contributed by atoms with Crippen LogP contribution in [0.25, 0.3) is 10.9 Å². The van der Waals surface area contributed by atoms with Gasteiger partial charge in [0.15, 0.2) is 0 Å². The maximum atomic E-state index is 13.2. The molecule has 0 amide bonds. The van der Waals surface area contributed by atoms with E-state index in [0.29, 0.717) is 0 Å². The minimum Gasteiger partial charge on any atom is -0.379 e. The van der Waals surface area contributed by atoms with Crippen molar-refractivity contribution in [1.82, 2.24) is 9.29 Å². The summed E-state index contributed by atoms with van der Waals surface area (Å²) in [5, 5.41) is 16.4. The Morgan fingerprint density at radius 1 is 1.23 bits per heavy atom. The van der Waals surface area contributed by atoms with Crippen LogP contribution in [0.1, 0.15) is 11.3 Å². The fourth-order valence-corrected chi connectivity index (χ4v) is 5.06. The lowest BCUT2D eigenvalue weighted by molar-refractivity contribution is -0.385. The van der Waals surface area contributed by atoms with Gasteiger partial charge in [0, 0.05) is 47.4 Å². The molecule has 1 aliphatic rings. The van der Waals surface area contributed by atoms with E-state index in [1.807, 2.05) is 31.2 Å². The lowest BCUT2D eigenvalue weighted by Gasteiger charge is -2.26. The van der Waals surface area contributed by atoms with Crippen LogP contribution in [0.2, 0.25) is 0 Å². The molecule has 0 bridgehead atoms. The van der Waals surface area contributed by atoms with E-state index in [1.54, 1.807) is 6.21 Å². The molecule has 11 heteroatoms. The summed E-state index contributed by atoms with van der Waals surface area (Å²) in [5.41, 5.74) is 5.34. The molecule has 2 aromatic carbocycles. The van der Waals surface area contributed by atoms with Crippen LogP contribution in [0.5, 0.6) is 0 Å². The summed E-state index contributed by atoms with van der Waals surface area (Å²) in [7, 11) is -3.97. The number of non-ortho nitro benzene ring substituents is 1. The highest BCUT2D eigenvalue weighted by Crippen LogP contribution is 2.29. The average Bonchev–Trinajstić information content (AvgIpc) is 3.09. The molecule has 1 fully saturated rings. The van der Waals surface area contributed by atoms with Crippen molar-refractivity contribution in [3.05, 3.63) is 63.8 Å². The zero-order chi connectivity index (χ0) is 22.0. The number of fused-ring (bicyclic) bond motifs is 1. The number of hydrazone groups is 1. The Hall–Kier alpha value is -3.28. The second-order valence-electron chi connectivity index (χ2n) is 7.03. The molecule has 4 rings (SSSR count). The van der Waals surface area contributed by atoms with Gasteiger partial charge in [-0.3, -0.25) is 15.5 Å². The number of rotatable bonds is 6. The van der Waals surface area contributed by atoms with Crippen LogP contribution in [-0.4, -0.2) is 55.1 Å². The first-order chi connectivity index (χ1) is 14.9. The maximum Gasteiger partial charge on any atom is 0.270 e. The van der Waals surface area contributed by atoms with Gasteiger partial charge in [-0.15, -0.1) is 0 Å². The maximum absolute atomic E-state index is 13.2. The fraction of sp³-hybridized carbons (Fsp3) is 0.250. The molecule has 0 aliphatic carbocycles. The van der Waals surface area contributed by atoms with E-state index >= 15 is 0 Å². The molecule has 1 aromatic heterocycles. The first kappa shape index (κ1) is 21.0. The molecule has 0 radical (unpaired) electrons. The van der Waals surface area contributed by atoms with Crippen molar-refractivity contribution < 1.29 is 18.1 Å². The number of nitrogens with zero attached hydrogens (tertiary/aromatic N) is 3. The first-order valence-corrected chi connectivity index (χ1v) is 11.0. The molecule has 10 nitrogen and oxygen atoms in total. The van der Waals surface area contributed by atoms with E-state index in [4.69, 9.17) is 4.74 Å². The predicted molar refractivity (Wildman–Crippen MR) is 117 cm³/mol. The van der Waals surface area contributed by atoms with E-state index < -0.39 is 14.9 Å². The number of nitrogens with one attached hydrogen (secondary N) is 2. The van der Waals surface area contributed by atoms with Crippen molar-refractivity contribution in [2.24, 2.45) is 5.10 Å². The Morgan fingerprint density at radius 3 is 2.71 bits per heavy atom. The Morgan fingerprint density at radius 2 is 1.97 bits per heavy atom. The molecule has 31 heavy (non-hydrogen) atoms. The molecule has 162 valence electrons. The van der Waals surface area contributed by atoms with Crippen LogP contribution in [0.15, 0.2) is 52.5 Å². The van der Waals surface area contributed by atoms with Gasteiger partial charge in [0.25, 0.3) is 5.69 Å². The van der Waals surface area contributed by atoms with Crippen LogP contribution < -0.4 is 5.43 Å². The van der Waals surface area contributed by atoms with Crippen molar-refractivity contribution in [3.8, 4) is 0 Å². The predicted octanol–water partition coefficient (Wildman–Crippen LogP) is 2.85. The van der Waals surface area contributed by atoms with Crippen LogP contribution in [-0.2, 0) is 14.8 Å². The van der Waals surface area contributed by atoms with E-state index in [1.165, 1.54) is 16.4 Å². The van der Waals surface area contributed by atoms with Gasteiger partial charge in [-0.25, -0.2) is 8.42 Å². The summed E-state index contributed by atoms with van der Waals surface area (Å²) in [6, 6.07) is 11.4. The van der Waals surface area contributed by atoms with Crippen molar-refractivity contribution in [1.29, 1.82) is 0 Å². The Labute approximate surface area is 178 Å². The minimum atomic E-state index is -3.97. The lowest BCUT2D eigenvalue weighted by Crippen LogP contribution is -2.40. The highest BCUT2D eigenvalue weighted by Gasteiger charge is 2.30. The van der Waals surface area contributed by atoms with Gasteiger partial charge in [0.05, 0.1) is 30.0 Å². The first-order valence-electron chi connectivity index (χ1n) is 9.60. The highest BCUT2D eigenvalue weighted by atomic mass is 32.2. The number of aryl methyl sites for hydroxylation is 1. The van der Waals surface area contributed by atoms with Crippen LogP contribution in [0.3, 0.4) is 0 Å². The Kier molecular flexibility index (Phi) is 5.72. The number of aromatic nitrogens is 1. The molecule has 2 heterocycles. The summed E-state index contributed by atoms with van der Waals surface area (Å²) >= 11 is 0. The number of nitro groups is 1. The van der Waals surface area contributed by atoms with Crippen molar-refractivity contribution in [3.63, 3.8) is 0 Å². The third-order valence-corrected chi connectivity index (χ3v) is 7.02. The van der Waals surface area contributed by atoms with E-state index in [9.17, 15) is 18.5 Å². The zero-order valence-corrected chi connectivity index (χ0v) is 17.6. The molecule has 0 spiro atoms. The molecule has 1 aliphatic heterocycles. The molecule has 3 aromatic rings. The average molecular weight is 443 g/mol. The Balaban J connectivity index is 1.68. The molecular weight excluding hydrogens is 422 g/mol. The van der Waals surface area contributed by atoms with E-state index in [-0.39, 0.29) is 42.6 Å². The normalized spacial score (nSPS) is 15.5. The number of benzene rings is 2. The number of aromatic amines is 1. The van der Waals surface area contributed by atoms with Crippen molar-refractivity contribution in [2.45, 2.75) is 11.8 Å². The van der Waals surface area contributed by atoms with Crippen LogP contribution >= 0.6 is 0 Å². The molecule has 0 saturated carbocycles. The Bertz CT molecular complexity index is 1260. The third-order valence-electron chi connectivity index (χ3n) is 5.09.